The molecule has 0 saturated heterocycles. The van der Waals surface area contributed by atoms with E-state index in [0.717, 1.165) is 24.3 Å². The van der Waals surface area contributed by atoms with Crippen molar-refractivity contribution in [3.8, 4) is 5.75 Å². The van der Waals surface area contributed by atoms with Crippen molar-refractivity contribution in [1.29, 1.82) is 0 Å². The SMILES string of the molecule is CCOc1ccc(Nc2ccc(C(=O)NC3CCCC3)nn2)cc1. The second-order valence-corrected chi connectivity index (χ2v) is 5.84. The lowest BCUT2D eigenvalue weighted by molar-refractivity contribution is 0.0932. The van der Waals surface area contributed by atoms with Gasteiger partial charge in [-0.2, -0.15) is 0 Å². The molecule has 126 valence electrons. The number of hydrogen-bond acceptors (Lipinski definition) is 5. The van der Waals surface area contributed by atoms with Crippen LogP contribution in [0, 0.1) is 0 Å². The molecule has 0 bridgehead atoms. The van der Waals surface area contributed by atoms with Crippen molar-refractivity contribution >= 4 is 17.4 Å². The molecule has 0 spiro atoms. The summed E-state index contributed by atoms with van der Waals surface area (Å²) < 4.78 is 5.41. The molecule has 1 aliphatic carbocycles. The van der Waals surface area contributed by atoms with Crippen LogP contribution in [-0.4, -0.2) is 28.8 Å². The van der Waals surface area contributed by atoms with E-state index in [2.05, 4.69) is 20.8 Å². The van der Waals surface area contributed by atoms with Crippen molar-refractivity contribution in [2.24, 2.45) is 0 Å². The van der Waals surface area contributed by atoms with E-state index in [1.807, 2.05) is 31.2 Å². The maximum atomic E-state index is 12.1. The van der Waals surface area contributed by atoms with Crippen LogP contribution in [0.25, 0.3) is 0 Å². The first-order chi connectivity index (χ1) is 11.7. The molecule has 2 N–H and O–H groups in total. The Bertz CT molecular complexity index is 664. The third-order valence-corrected chi connectivity index (χ3v) is 4.03. The van der Waals surface area contributed by atoms with Crippen LogP contribution in [-0.2, 0) is 0 Å². The Morgan fingerprint density at radius 3 is 2.50 bits per heavy atom. The summed E-state index contributed by atoms with van der Waals surface area (Å²) in [5.74, 6) is 1.27. The van der Waals surface area contributed by atoms with E-state index in [0.29, 0.717) is 18.1 Å². The minimum Gasteiger partial charge on any atom is -0.494 e. The van der Waals surface area contributed by atoms with Crippen molar-refractivity contribution in [3.63, 3.8) is 0 Å². The number of hydrogen-bond donors (Lipinski definition) is 2. The Hall–Kier alpha value is -2.63. The fourth-order valence-corrected chi connectivity index (χ4v) is 2.80. The van der Waals surface area contributed by atoms with Gasteiger partial charge in [0.05, 0.1) is 6.61 Å². The van der Waals surface area contributed by atoms with Gasteiger partial charge < -0.3 is 15.4 Å². The summed E-state index contributed by atoms with van der Waals surface area (Å²) in [4.78, 5) is 12.1. The normalized spacial score (nSPS) is 14.4. The first-order valence-corrected chi connectivity index (χ1v) is 8.39. The zero-order chi connectivity index (χ0) is 16.8. The van der Waals surface area contributed by atoms with E-state index in [-0.39, 0.29) is 11.9 Å². The predicted molar refractivity (Wildman–Crippen MR) is 92.6 cm³/mol. The molecular formula is C18H22N4O2. The Morgan fingerprint density at radius 2 is 1.88 bits per heavy atom. The highest BCUT2D eigenvalue weighted by molar-refractivity contribution is 5.92. The highest BCUT2D eigenvalue weighted by Crippen LogP contribution is 2.19. The maximum Gasteiger partial charge on any atom is 0.272 e. The fourth-order valence-electron chi connectivity index (χ4n) is 2.80. The minimum atomic E-state index is -0.151. The largest absolute Gasteiger partial charge is 0.494 e. The Morgan fingerprint density at radius 1 is 1.12 bits per heavy atom. The molecule has 1 fully saturated rings. The van der Waals surface area contributed by atoms with Crippen LogP contribution in [0.15, 0.2) is 36.4 Å². The molecule has 1 amide bonds. The number of rotatable bonds is 6. The average Bonchev–Trinajstić information content (AvgIpc) is 3.10. The molecule has 24 heavy (non-hydrogen) atoms. The second kappa shape index (κ2) is 7.77. The number of ether oxygens (including phenoxy) is 1. The molecule has 1 aromatic heterocycles. The number of nitrogens with one attached hydrogen (secondary N) is 2. The van der Waals surface area contributed by atoms with Crippen molar-refractivity contribution in [2.45, 2.75) is 38.6 Å². The van der Waals surface area contributed by atoms with Crippen LogP contribution >= 0.6 is 0 Å². The molecular weight excluding hydrogens is 304 g/mol. The van der Waals surface area contributed by atoms with Gasteiger partial charge in [-0.15, -0.1) is 10.2 Å². The number of amides is 1. The summed E-state index contributed by atoms with van der Waals surface area (Å²) in [5, 5.41) is 14.2. The second-order valence-electron chi connectivity index (χ2n) is 5.84. The van der Waals surface area contributed by atoms with E-state index in [1.165, 1.54) is 12.8 Å². The highest BCUT2D eigenvalue weighted by atomic mass is 16.5. The lowest BCUT2D eigenvalue weighted by Crippen LogP contribution is -2.33. The molecule has 1 saturated carbocycles. The van der Waals surface area contributed by atoms with Gasteiger partial charge in [0.2, 0.25) is 0 Å². The Labute approximate surface area is 141 Å². The first kappa shape index (κ1) is 16.2. The van der Waals surface area contributed by atoms with E-state index in [1.54, 1.807) is 12.1 Å². The molecule has 0 unspecified atom stereocenters. The van der Waals surface area contributed by atoms with E-state index in [4.69, 9.17) is 4.74 Å². The van der Waals surface area contributed by atoms with E-state index < -0.39 is 0 Å². The summed E-state index contributed by atoms with van der Waals surface area (Å²) in [6.07, 6.45) is 4.47. The van der Waals surface area contributed by atoms with Gasteiger partial charge in [-0.05, 0) is 56.2 Å². The number of benzene rings is 1. The first-order valence-electron chi connectivity index (χ1n) is 8.39. The number of anilines is 2. The predicted octanol–water partition coefficient (Wildman–Crippen LogP) is 3.29. The van der Waals surface area contributed by atoms with Gasteiger partial charge in [0.25, 0.3) is 5.91 Å². The standard InChI is InChI=1S/C18H22N4O2/c1-2-24-15-9-7-14(8-10-15)19-17-12-11-16(21-22-17)18(23)20-13-5-3-4-6-13/h7-13H,2-6H2,1H3,(H,19,22)(H,20,23). The Kier molecular flexibility index (Phi) is 5.25. The summed E-state index contributed by atoms with van der Waals surface area (Å²) in [7, 11) is 0. The molecule has 3 rings (SSSR count). The summed E-state index contributed by atoms with van der Waals surface area (Å²) >= 11 is 0. The van der Waals surface area contributed by atoms with Gasteiger partial charge in [-0.3, -0.25) is 4.79 Å². The van der Waals surface area contributed by atoms with Crippen LogP contribution in [0.3, 0.4) is 0 Å². The van der Waals surface area contributed by atoms with Gasteiger partial charge in [0.15, 0.2) is 11.5 Å². The van der Waals surface area contributed by atoms with Crippen molar-refractivity contribution in [2.75, 3.05) is 11.9 Å². The monoisotopic (exact) mass is 326 g/mol. The molecule has 6 heteroatoms. The van der Waals surface area contributed by atoms with Gasteiger partial charge in [0, 0.05) is 11.7 Å². The minimum absolute atomic E-state index is 0.151. The molecule has 1 heterocycles. The molecule has 2 aromatic rings. The van der Waals surface area contributed by atoms with Gasteiger partial charge in [0.1, 0.15) is 5.75 Å². The lowest BCUT2D eigenvalue weighted by atomic mass is 10.2. The number of nitrogens with zero attached hydrogens (tertiary/aromatic N) is 2. The van der Waals surface area contributed by atoms with Crippen molar-refractivity contribution < 1.29 is 9.53 Å². The fraction of sp³-hybridized carbons (Fsp3) is 0.389. The summed E-state index contributed by atoms with van der Waals surface area (Å²) in [6.45, 7) is 2.59. The van der Waals surface area contributed by atoms with Crippen LogP contribution in [0.5, 0.6) is 5.75 Å². The highest BCUT2D eigenvalue weighted by Gasteiger charge is 2.18. The quantitative estimate of drug-likeness (QED) is 0.852. The summed E-state index contributed by atoms with van der Waals surface area (Å²) in [6, 6.07) is 11.3. The van der Waals surface area contributed by atoms with Crippen LogP contribution in [0.1, 0.15) is 43.1 Å². The van der Waals surface area contributed by atoms with Gasteiger partial charge in [-0.1, -0.05) is 12.8 Å². The average molecular weight is 326 g/mol. The number of carbonyl (C=O) groups is 1. The van der Waals surface area contributed by atoms with Crippen molar-refractivity contribution in [1.82, 2.24) is 15.5 Å². The zero-order valence-corrected chi connectivity index (χ0v) is 13.8. The van der Waals surface area contributed by atoms with Crippen LogP contribution < -0.4 is 15.4 Å². The number of carbonyl (C=O) groups excluding carboxylic acids is 1. The van der Waals surface area contributed by atoms with E-state index in [9.17, 15) is 4.79 Å². The maximum absolute atomic E-state index is 12.1. The van der Waals surface area contributed by atoms with Crippen molar-refractivity contribution in [3.05, 3.63) is 42.1 Å². The molecule has 0 radical (unpaired) electrons. The van der Waals surface area contributed by atoms with Gasteiger partial charge in [-0.25, -0.2) is 0 Å². The zero-order valence-electron chi connectivity index (χ0n) is 13.8. The summed E-state index contributed by atoms with van der Waals surface area (Å²) in [5.41, 5.74) is 1.23. The third-order valence-electron chi connectivity index (χ3n) is 4.03. The topological polar surface area (TPSA) is 76.1 Å². The number of aromatic nitrogens is 2. The molecule has 1 aliphatic rings. The lowest BCUT2D eigenvalue weighted by Gasteiger charge is -2.11. The Balaban J connectivity index is 1.58. The van der Waals surface area contributed by atoms with Crippen LogP contribution in [0.4, 0.5) is 11.5 Å². The van der Waals surface area contributed by atoms with Crippen LogP contribution in [0.2, 0.25) is 0 Å². The van der Waals surface area contributed by atoms with E-state index >= 15 is 0 Å². The molecule has 0 atom stereocenters. The molecule has 1 aromatic carbocycles. The molecule has 6 nitrogen and oxygen atoms in total. The molecule has 0 aliphatic heterocycles. The smallest absolute Gasteiger partial charge is 0.272 e. The van der Waals surface area contributed by atoms with Gasteiger partial charge >= 0.3 is 0 Å². The third kappa shape index (κ3) is 4.22.